The summed E-state index contributed by atoms with van der Waals surface area (Å²) < 4.78 is 0.978. The molecule has 0 heterocycles. The van der Waals surface area contributed by atoms with Gasteiger partial charge in [-0.25, -0.2) is 0 Å². The van der Waals surface area contributed by atoms with Crippen LogP contribution in [0.1, 0.15) is 48.0 Å². The fourth-order valence-electron chi connectivity index (χ4n) is 3.28. The predicted molar refractivity (Wildman–Crippen MR) is 107 cm³/mol. The van der Waals surface area contributed by atoms with Crippen LogP contribution in [0.25, 0.3) is 0 Å². The van der Waals surface area contributed by atoms with E-state index in [0.29, 0.717) is 11.3 Å². The molecule has 0 aromatic heterocycles. The van der Waals surface area contributed by atoms with Crippen LogP contribution in [0.5, 0.6) is 0 Å². The topological polar surface area (TPSA) is 58.2 Å². The standard InChI is InChI=1S/C21H23BrN2O2/c22-16-12-10-15(11-13-16)14-20(25)24-19-9-5-4-8-18(19)21(26)23-17-6-2-1-3-7-17/h4-5,8-13,17H,1-3,6-7,14H2,(H,23,26)(H,24,25). The lowest BCUT2D eigenvalue weighted by molar-refractivity contribution is -0.115. The molecule has 0 saturated heterocycles. The van der Waals surface area contributed by atoms with E-state index >= 15 is 0 Å². The zero-order valence-electron chi connectivity index (χ0n) is 14.6. The molecule has 0 radical (unpaired) electrons. The van der Waals surface area contributed by atoms with Gasteiger partial charge in [0, 0.05) is 10.5 Å². The Morgan fingerprint density at radius 2 is 1.65 bits per heavy atom. The normalized spacial score (nSPS) is 14.7. The Balaban J connectivity index is 1.65. The average Bonchev–Trinajstić information content (AvgIpc) is 2.65. The highest BCUT2D eigenvalue weighted by Gasteiger charge is 2.19. The van der Waals surface area contributed by atoms with Gasteiger partial charge in [0.25, 0.3) is 5.91 Å². The van der Waals surface area contributed by atoms with Gasteiger partial charge in [-0.2, -0.15) is 0 Å². The highest BCUT2D eigenvalue weighted by molar-refractivity contribution is 9.10. The fourth-order valence-corrected chi connectivity index (χ4v) is 3.55. The van der Waals surface area contributed by atoms with Gasteiger partial charge in [-0.3, -0.25) is 9.59 Å². The minimum absolute atomic E-state index is 0.114. The van der Waals surface area contributed by atoms with Crippen LogP contribution in [0.3, 0.4) is 0 Å². The number of halogens is 1. The lowest BCUT2D eigenvalue weighted by Crippen LogP contribution is -2.36. The van der Waals surface area contributed by atoms with Crippen LogP contribution in [0.2, 0.25) is 0 Å². The van der Waals surface area contributed by atoms with Crippen molar-refractivity contribution in [2.75, 3.05) is 5.32 Å². The fraction of sp³-hybridized carbons (Fsp3) is 0.333. The molecule has 3 rings (SSSR count). The van der Waals surface area contributed by atoms with E-state index in [9.17, 15) is 9.59 Å². The Kier molecular flexibility index (Phi) is 6.45. The summed E-state index contributed by atoms with van der Waals surface area (Å²) >= 11 is 3.39. The van der Waals surface area contributed by atoms with Crippen molar-refractivity contribution in [3.8, 4) is 0 Å². The Bertz CT molecular complexity index is 768. The minimum Gasteiger partial charge on any atom is -0.349 e. The van der Waals surface area contributed by atoms with E-state index in [0.717, 1.165) is 35.7 Å². The van der Waals surface area contributed by atoms with E-state index in [4.69, 9.17) is 0 Å². The van der Waals surface area contributed by atoms with Crippen LogP contribution in [0.15, 0.2) is 53.0 Å². The number of amides is 2. The number of nitrogens with one attached hydrogen (secondary N) is 2. The highest BCUT2D eigenvalue weighted by Crippen LogP contribution is 2.20. The molecule has 26 heavy (non-hydrogen) atoms. The maximum absolute atomic E-state index is 12.6. The Morgan fingerprint density at radius 3 is 2.38 bits per heavy atom. The molecule has 0 atom stereocenters. The minimum atomic E-state index is -0.134. The number of hydrogen-bond donors (Lipinski definition) is 2. The zero-order chi connectivity index (χ0) is 18.4. The molecular weight excluding hydrogens is 392 g/mol. The van der Waals surface area contributed by atoms with Crippen LogP contribution < -0.4 is 10.6 Å². The Hall–Kier alpha value is -2.14. The van der Waals surface area contributed by atoms with Gasteiger partial charge in [0.05, 0.1) is 17.7 Å². The van der Waals surface area contributed by atoms with E-state index in [2.05, 4.69) is 26.6 Å². The number of para-hydroxylation sites is 1. The molecule has 0 aliphatic heterocycles. The number of hydrogen-bond acceptors (Lipinski definition) is 2. The van der Waals surface area contributed by atoms with Crippen LogP contribution in [-0.2, 0) is 11.2 Å². The molecule has 2 N–H and O–H groups in total. The summed E-state index contributed by atoms with van der Waals surface area (Å²) in [4.78, 5) is 25.0. The number of carbonyl (C=O) groups is 2. The molecule has 4 nitrogen and oxygen atoms in total. The lowest BCUT2D eigenvalue weighted by atomic mass is 9.95. The lowest BCUT2D eigenvalue weighted by Gasteiger charge is -2.23. The largest absolute Gasteiger partial charge is 0.349 e. The van der Waals surface area contributed by atoms with Crippen LogP contribution in [0.4, 0.5) is 5.69 Å². The van der Waals surface area contributed by atoms with Gasteiger partial charge in [0.15, 0.2) is 0 Å². The molecule has 2 aromatic carbocycles. The summed E-state index contributed by atoms with van der Waals surface area (Å²) in [6.45, 7) is 0. The maximum atomic E-state index is 12.6. The number of anilines is 1. The molecule has 2 aromatic rings. The van der Waals surface area contributed by atoms with E-state index < -0.39 is 0 Å². The Morgan fingerprint density at radius 1 is 0.962 bits per heavy atom. The summed E-state index contributed by atoms with van der Waals surface area (Å²) in [6, 6.07) is 15.1. The first-order valence-electron chi connectivity index (χ1n) is 9.06. The van der Waals surface area contributed by atoms with Crippen molar-refractivity contribution in [3.63, 3.8) is 0 Å². The van der Waals surface area contributed by atoms with Gasteiger partial charge in [-0.05, 0) is 42.7 Å². The van der Waals surface area contributed by atoms with Crippen molar-refractivity contribution in [3.05, 3.63) is 64.1 Å². The van der Waals surface area contributed by atoms with Crippen molar-refractivity contribution < 1.29 is 9.59 Å². The quantitative estimate of drug-likeness (QED) is 0.744. The first-order valence-corrected chi connectivity index (χ1v) is 9.85. The van der Waals surface area contributed by atoms with Crippen LogP contribution >= 0.6 is 15.9 Å². The van der Waals surface area contributed by atoms with Gasteiger partial charge >= 0.3 is 0 Å². The summed E-state index contributed by atoms with van der Waals surface area (Å²) in [5.74, 6) is -0.248. The molecular formula is C21H23BrN2O2. The SMILES string of the molecule is O=C(Cc1ccc(Br)cc1)Nc1ccccc1C(=O)NC1CCCCC1. The van der Waals surface area contributed by atoms with Crippen molar-refractivity contribution in [2.24, 2.45) is 0 Å². The molecule has 1 fully saturated rings. The molecule has 0 bridgehead atoms. The molecule has 0 unspecified atom stereocenters. The van der Waals surface area contributed by atoms with Gasteiger partial charge in [-0.1, -0.05) is 59.5 Å². The molecule has 5 heteroatoms. The van der Waals surface area contributed by atoms with E-state index in [1.54, 1.807) is 12.1 Å². The van der Waals surface area contributed by atoms with Gasteiger partial charge < -0.3 is 10.6 Å². The monoisotopic (exact) mass is 414 g/mol. The second kappa shape index (κ2) is 8.99. The molecule has 1 aliphatic rings. The van der Waals surface area contributed by atoms with Gasteiger partial charge in [0.1, 0.15) is 0 Å². The van der Waals surface area contributed by atoms with Crippen molar-refractivity contribution in [1.82, 2.24) is 5.32 Å². The van der Waals surface area contributed by atoms with E-state index in [1.165, 1.54) is 6.42 Å². The molecule has 1 aliphatic carbocycles. The Labute approximate surface area is 162 Å². The third kappa shape index (κ3) is 5.18. The second-order valence-electron chi connectivity index (χ2n) is 6.71. The average molecular weight is 415 g/mol. The maximum Gasteiger partial charge on any atom is 0.253 e. The summed E-state index contributed by atoms with van der Waals surface area (Å²) in [5.41, 5.74) is 2.00. The molecule has 2 amide bonds. The second-order valence-corrected chi connectivity index (χ2v) is 7.62. The zero-order valence-corrected chi connectivity index (χ0v) is 16.2. The van der Waals surface area contributed by atoms with E-state index in [1.807, 2.05) is 36.4 Å². The smallest absolute Gasteiger partial charge is 0.253 e. The third-order valence-corrected chi connectivity index (χ3v) is 5.19. The number of benzene rings is 2. The summed E-state index contributed by atoms with van der Waals surface area (Å²) in [5, 5.41) is 5.99. The predicted octanol–water partition coefficient (Wildman–Crippen LogP) is 4.69. The molecule has 1 saturated carbocycles. The number of rotatable bonds is 5. The van der Waals surface area contributed by atoms with Crippen molar-refractivity contribution >= 4 is 33.4 Å². The van der Waals surface area contributed by atoms with Gasteiger partial charge in [0.2, 0.25) is 5.91 Å². The van der Waals surface area contributed by atoms with E-state index in [-0.39, 0.29) is 24.3 Å². The van der Waals surface area contributed by atoms with Gasteiger partial charge in [-0.15, -0.1) is 0 Å². The van der Waals surface area contributed by atoms with Crippen molar-refractivity contribution in [1.29, 1.82) is 0 Å². The highest BCUT2D eigenvalue weighted by atomic mass is 79.9. The van der Waals surface area contributed by atoms with Crippen molar-refractivity contribution in [2.45, 2.75) is 44.6 Å². The summed E-state index contributed by atoms with van der Waals surface area (Å²) in [6.07, 6.45) is 5.90. The third-order valence-electron chi connectivity index (χ3n) is 4.66. The number of carbonyl (C=O) groups excluding carboxylic acids is 2. The first kappa shape index (κ1) is 18.6. The summed E-state index contributed by atoms with van der Waals surface area (Å²) in [7, 11) is 0. The first-order chi connectivity index (χ1) is 12.6. The molecule has 136 valence electrons. The van der Waals surface area contributed by atoms with Crippen LogP contribution in [0, 0.1) is 0 Å². The van der Waals surface area contributed by atoms with Crippen LogP contribution in [-0.4, -0.2) is 17.9 Å². The molecule has 0 spiro atoms.